The van der Waals surface area contributed by atoms with E-state index >= 15 is 0 Å². The summed E-state index contributed by atoms with van der Waals surface area (Å²) in [6.45, 7) is 3.94. The number of nitrogens with zero attached hydrogens (tertiary/aromatic N) is 3. The summed E-state index contributed by atoms with van der Waals surface area (Å²) in [5.41, 5.74) is 0. The van der Waals surface area contributed by atoms with Crippen LogP contribution in [0.2, 0.25) is 0 Å². The Hall–Kier alpha value is -1.16. The second kappa shape index (κ2) is 5.07. The number of hydrogen-bond donors (Lipinski definition) is 1. The zero-order valence-corrected chi connectivity index (χ0v) is 9.19. The molecule has 0 spiro atoms. The lowest BCUT2D eigenvalue weighted by molar-refractivity contribution is 0.493. The van der Waals surface area contributed by atoms with Crippen LogP contribution in [-0.2, 0) is 13.1 Å². The molecule has 1 aliphatic rings. The van der Waals surface area contributed by atoms with E-state index in [4.69, 9.17) is 0 Å². The van der Waals surface area contributed by atoms with Gasteiger partial charge in [0.05, 0.1) is 6.54 Å². The van der Waals surface area contributed by atoms with Gasteiger partial charge in [-0.2, -0.15) is 5.10 Å². The highest BCUT2D eigenvalue weighted by molar-refractivity contribution is 4.98. The molecule has 0 unspecified atom stereocenters. The van der Waals surface area contributed by atoms with Gasteiger partial charge in [0.2, 0.25) is 0 Å². The first-order valence-corrected chi connectivity index (χ1v) is 5.65. The van der Waals surface area contributed by atoms with Gasteiger partial charge in [-0.15, -0.1) is 0 Å². The largest absolute Gasteiger partial charge is 0.306 e. The van der Waals surface area contributed by atoms with Crippen LogP contribution in [0.4, 0.5) is 0 Å². The van der Waals surface area contributed by atoms with Crippen molar-refractivity contribution in [2.24, 2.45) is 0 Å². The molecule has 1 aliphatic carbocycles. The Morgan fingerprint density at radius 1 is 1.47 bits per heavy atom. The van der Waals surface area contributed by atoms with Gasteiger partial charge in [-0.05, 0) is 19.3 Å². The van der Waals surface area contributed by atoms with E-state index in [9.17, 15) is 0 Å². The van der Waals surface area contributed by atoms with Crippen LogP contribution in [0, 0.1) is 0 Å². The van der Waals surface area contributed by atoms with Gasteiger partial charge in [0, 0.05) is 12.6 Å². The van der Waals surface area contributed by atoms with E-state index in [1.54, 1.807) is 6.33 Å². The third-order valence-corrected chi connectivity index (χ3v) is 2.69. The molecular weight excluding hydrogens is 188 g/mol. The second-order valence-corrected chi connectivity index (χ2v) is 3.92. The van der Waals surface area contributed by atoms with Crippen molar-refractivity contribution in [1.29, 1.82) is 0 Å². The van der Waals surface area contributed by atoms with Gasteiger partial charge in [-0.1, -0.05) is 19.1 Å². The molecule has 0 radical (unpaired) electrons. The van der Waals surface area contributed by atoms with Crippen LogP contribution < -0.4 is 5.32 Å². The Balaban J connectivity index is 1.84. The summed E-state index contributed by atoms with van der Waals surface area (Å²) in [5.74, 6) is 1.05. The fraction of sp³-hybridized carbons (Fsp3) is 0.636. The number of aryl methyl sites for hydroxylation is 1. The molecule has 0 amide bonds. The first-order chi connectivity index (χ1) is 7.40. The van der Waals surface area contributed by atoms with Crippen LogP contribution in [0.25, 0.3) is 0 Å². The molecular formula is C11H18N4. The minimum Gasteiger partial charge on any atom is -0.306 e. The van der Waals surface area contributed by atoms with Gasteiger partial charge >= 0.3 is 0 Å². The smallest absolute Gasteiger partial charge is 0.140 e. The van der Waals surface area contributed by atoms with Crippen LogP contribution in [-0.4, -0.2) is 20.8 Å². The van der Waals surface area contributed by atoms with Crippen LogP contribution >= 0.6 is 0 Å². The summed E-state index contributed by atoms with van der Waals surface area (Å²) in [5, 5.41) is 7.70. The topological polar surface area (TPSA) is 42.7 Å². The molecule has 0 fully saturated rings. The van der Waals surface area contributed by atoms with Crippen molar-refractivity contribution in [3.8, 4) is 0 Å². The monoisotopic (exact) mass is 206 g/mol. The first kappa shape index (κ1) is 10.4. The predicted octanol–water partition coefficient (Wildman–Crippen LogP) is 1.50. The number of aromatic nitrogens is 3. The Morgan fingerprint density at radius 2 is 2.27 bits per heavy atom. The average molecular weight is 206 g/mol. The van der Waals surface area contributed by atoms with Gasteiger partial charge in [0.15, 0.2) is 0 Å². The lowest BCUT2D eigenvalue weighted by atomic mass is 10.2. The van der Waals surface area contributed by atoms with Crippen molar-refractivity contribution < 1.29 is 0 Å². The van der Waals surface area contributed by atoms with E-state index in [1.807, 2.05) is 4.68 Å². The molecule has 1 heterocycles. The van der Waals surface area contributed by atoms with Crippen molar-refractivity contribution in [3.63, 3.8) is 0 Å². The molecule has 0 saturated heterocycles. The van der Waals surface area contributed by atoms with Crippen LogP contribution in [0.1, 0.15) is 32.0 Å². The van der Waals surface area contributed by atoms with E-state index < -0.39 is 0 Å². The minimum absolute atomic E-state index is 0.594. The Bertz CT molecular complexity index is 321. The summed E-state index contributed by atoms with van der Waals surface area (Å²) in [4.78, 5) is 4.26. The number of rotatable bonds is 5. The number of nitrogens with one attached hydrogen (secondary N) is 1. The molecule has 0 bridgehead atoms. The van der Waals surface area contributed by atoms with Crippen molar-refractivity contribution in [3.05, 3.63) is 24.3 Å². The van der Waals surface area contributed by atoms with Crippen molar-refractivity contribution >= 4 is 0 Å². The predicted molar refractivity (Wildman–Crippen MR) is 59.3 cm³/mol. The van der Waals surface area contributed by atoms with Crippen LogP contribution in [0.3, 0.4) is 0 Å². The lowest BCUT2D eigenvalue weighted by Crippen LogP contribution is -2.27. The van der Waals surface area contributed by atoms with Gasteiger partial charge in [-0.3, -0.25) is 0 Å². The minimum atomic E-state index is 0.594. The highest BCUT2D eigenvalue weighted by atomic mass is 15.3. The van der Waals surface area contributed by atoms with E-state index in [0.29, 0.717) is 6.04 Å². The molecule has 4 nitrogen and oxygen atoms in total. The van der Waals surface area contributed by atoms with Crippen molar-refractivity contribution in [2.75, 3.05) is 0 Å². The zero-order valence-electron chi connectivity index (χ0n) is 9.19. The second-order valence-electron chi connectivity index (χ2n) is 3.92. The maximum Gasteiger partial charge on any atom is 0.140 e. The molecule has 1 aromatic rings. The van der Waals surface area contributed by atoms with Gasteiger partial charge in [0.1, 0.15) is 12.2 Å². The Kier molecular flexibility index (Phi) is 3.50. The molecule has 82 valence electrons. The van der Waals surface area contributed by atoms with Gasteiger partial charge in [0.25, 0.3) is 0 Å². The standard InChI is InChI=1S/C11H18N4/c1-2-7-15-11(13-9-14-15)8-12-10-5-3-4-6-10/h3-4,9-10,12H,2,5-8H2,1H3. The molecule has 1 aromatic heterocycles. The third kappa shape index (κ3) is 2.65. The lowest BCUT2D eigenvalue weighted by Gasteiger charge is -2.11. The molecule has 2 rings (SSSR count). The fourth-order valence-electron chi connectivity index (χ4n) is 1.84. The molecule has 4 heteroatoms. The summed E-state index contributed by atoms with van der Waals surface area (Å²) in [6.07, 6.45) is 9.48. The Morgan fingerprint density at radius 3 is 3.00 bits per heavy atom. The third-order valence-electron chi connectivity index (χ3n) is 2.69. The van der Waals surface area contributed by atoms with Crippen LogP contribution in [0.15, 0.2) is 18.5 Å². The van der Waals surface area contributed by atoms with E-state index in [-0.39, 0.29) is 0 Å². The van der Waals surface area contributed by atoms with Crippen molar-refractivity contribution in [2.45, 2.75) is 45.3 Å². The van der Waals surface area contributed by atoms with Gasteiger partial charge in [-0.25, -0.2) is 9.67 Å². The Labute approximate surface area is 90.4 Å². The van der Waals surface area contributed by atoms with Crippen LogP contribution in [0.5, 0.6) is 0 Å². The normalized spacial score (nSPS) is 16.3. The van der Waals surface area contributed by atoms with Gasteiger partial charge < -0.3 is 5.32 Å². The highest BCUT2D eigenvalue weighted by Gasteiger charge is 2.10. The molecule has 0 aromatic carbocycles. The maximum absolute atomic E-state index is 4.26. The quantitative estimate of drug-likeness (QED) is 0.742. The highest BCUT2D eigenvalue weighted by Crippen LogP contribution is 2.09. The molecule has 15 heavy (non-hydrogen) atoms. The van der Waals surface area contributed by atoms with E-state index in [1.165, 1.54) is 0 Å². The zero-order chi connectivity index (χ0) is 10.5. The average Bonchev–Trinajstić information content (AvgIpc) is 2.85. The fourth-order valence-corrected chi connectivity index (χ4v) is 1.84. The maximum atomic E-state index is 4.26. The SMILES string of the molecule is CCCn1ncnc1CNC1CC=CC1. The molecule has 0 saturated carbocycles. The summed E-state index contributed by atoms with van der Waals surface area (Å²) >= 11 is 0. The van der Waals surface area contributed by atoms with E-state index in [0.717, 1.165) is 38.2 Å². The first-order valence-electron chi connectivity index (χ1n) is 5.65. The summed E-state index contributed by atoms with van der Waals surface area (Å²) < 4.78 is 1.98. The number of hydrogen-bond acceptors (Lipinski definition) is 3. The molecule has 0 aliphatic heterocycles. The molecule has 1 N–H and O–H groups in total. The van der Waals surface area contributed by atoms with E-state index in [2.05, 4.69) is 34.5 Å². The summed E-state index contributed by atoms with van der Waals surface area (Å²) in [7, 11) is 0. The van der Waals surface area contributed by atoms with Crippen molar-refractivity contribution in [1.82, 2.24) is 20.1 Å². The molecule has 0 atom stereocenters. The summed E-state index contributed by atoms with van der Waals surface area (Å²) in [6, 6.07) is 0.594.